The van der Waals surface area contributed by atoms with Gasteiger partial charge in [-0.15, -0.1) is 11.6 Å². The van der Waals surface area contributed by atoms with Crippen LogP contribution in [-0.4, -0.2) is 15.0 Å². The topological polar surface area (TPSA) is 46.2 Å². The molecule has 1 rings (SSSR count). The maximum absolute atomic E-state index is 11.9. The van der Waals surface area contributed by atoms with Gasteiger partial charge in [0.1, 0.15) is 0 Å². The fraction of sp³-hybridized carbons (Fsp3) is 0.500. The molecule has 1 N–H and O–H groups in total. The molecular weight excluding hydrogens is 258 g/mol. The summed E-state index contributed by atoms with van der Waals surface area (Å²) in [7, 11) is -3.39. The summed E-state index contributed by atoms with van der Waals surface area (Å²) in [4.78, 5) is 0.291. The minimum absolute atomic E-state index is 0.291. The molecule has 0 aliphatic rings. The zero-order valence-corrected chi connectivity index (χ0v) is 11.7. The normalized spacial score (nSPS) is 11.7. The molecular formula is C12H18ClNO2S. The quantitative estimate of drug-likeness (QED) is 0.812. The Bertz CT molecular complexity index is 471. The van der Waals surface area contributed by atoms with Crippen LogP contribution in [0.4, 0.5) is 0 Å². The average Bonchev–Trinajstić information content (AvgIpc) is 2.35. The Balaban J connectivity index is 3.07. The molecule has 0 fully saturated rings. The number of halogens is 1. The predicted octanol–water partition coefficient (Wildman–Crippen LogP) is 2.68. The molecule has 0 amide bonds. The highest BCUT2D eigenvalue weighted by atomic mass is 35.5. The van der Waals surface area contributed by atoms with Crippen LogP contribution < -0.4 is 4.72 Å². The van der Waals surface area contributed by atoms with Gasteiger partial charge >= 0.3 is 0 Å². The van der Waals surface area contributed by atoms with Gasteiger partial charge in [0.15, 0.2) is 0 Å². The Morgan fingerprint density at radius 2 is 1.94 bits per heavy atom. The second-order valence-corrected chi connectivity index (χ2v) is 5.85. The van der Waals surface area contributed by atoms with Crippen LogP contribution in [0.1, 0.15) is 31.4 Å². The van der Waals surface area contributed by atoms with Crippen molar-refractivity contribution in [2.75, 3.05) is 6.54 Å². The molecule has 3 nitrogen and oxygen atoms in total. The molecule has 96 valence electrons. The SMILES string of the molecule is CCCNS(=O)(=O)c1ccc(CC)c(CCl)c1. The molecule has 0 heterocycles. The summed E-state index contributed by atoms with van der Waals surface area (Å²) in [6.07, 6.45) is 1.62. The Morgan fingerprint density at radius 3 is 2.47 bits per heavy atom. The summed E-state index contributed by atoms with van der Waals surface area (Å²) in [5.41, 5.74) is 1.97. The van der Waals surface area contributed by atoms with Crippen molar-refractivity contribution in [3.63, 3.8) is 0 Å². The highest BCUT2D eigenvalue weighted by Gasteiger charge is 2.14. The lowest BCUT2D eigenvalue weighted by Crippen LogP contribution is -2.24. The molecule has 0 aromatic heterocycles. The number of alkyl halides is 1. The molecule has 1 aromatic carbocycles. The van der Waals surface area contributed by atoms with E-state index in [2.05, 4.69) is 4.72 Å². The van der Waals surface area contributed by atoms with Crippen molar-refractivity contribution in [3.05, 3.63) is 29.3 Å². The highest BCUT2D eigenvalue weighted by Crippen LogP contribution is 2.18. The van der Waals surface area contributed by atoms with Crippen LogP contribution in [-0.2, 0) is 22.3 Å². The zero-order valence-electron chi connectivity index (χ0n) is 10.2. The van der Waals surface area contributed by atoms with Gasteiger partial charge in [-0.2, -0.15) is 0 Å². The van der Waals surface area contributed by atoms with Crippen molar-refractivity contribution in [3.8, 4) is 0 Å². The van der Waals surface area contributed by atoms with Crippen molar-refractivity contribution in [1.29, 1.82) is 0 Å². The van der Waals surface area contributed by atoms with E-state index in [1.54, 1.807) is 12.1 Å². The second-order valence-electron chi connectivity index (χ2n) is 3.82. The lowest BCUT2D eigenvalue weighted by atomic mass is 10.1. The van der Waals surface area contributed by atoms with E-state index >= 15 is 0 Å². The summed E-state index contributed by atoms with van der Waals surface area (Å²) >= 11 is 5.82. The standard InChI is InChI=1S/C12H18ClNO2S/c1-3-7-14-17(15,16)12-6-5-10(4-2)11(8-12)9-13/h5-6,8,14H,3-4,7,9H2,1-2H3. The van der Waals surface area contributed by atoms with E-state index in [-0.39, 0.29) is 0 Å². The van der Waals surface area contributed by atoms with E-state index in [0.717, 1.165) is 24.0 Å². The molecule has 0 unspecified atom stereocenters. The van der Waals surface area contributed by atoms with Crippen LogP contribution >= 0.6 is 11.6 Å². The molecule has 0 saturated carbocycles. The van der Waals surface area contributed by atoms with Crippen LogP contribution in [0.25, 0.3) is 0 Å². The van der Waals surface area contributed by atoms with Crippen molar-refractivity contribution < 1.29 is 8.42 Å². The largest absolute Gasteiger partial charge is 0.240 e. The van der Waals surface area contributed by atoms with E-state index in [1.807, 2.05) is 19.9 Å². The summed E-state index contributed by atoms with van der Waals surface area (Å²) in [5.74, 6) is 0.334. The number of benzene rings is 1. The third-order valence-corrected chi connectivity index (χ3v) is 4.30. The van der Waals surface area contributed by atoms with E-state index in [9.17, 15) is 8.42 Å². The van der Waals surface area contributed by atoms with Crippen molar-refractivity contribution in [2.45, 2.75) is 37.5 Å². The Hall–Kier alpha value is -0.580. The van der Waals surface area contributed by atoms with Crippen LogP contribution in [0, 0.1) is 0 Å². The van der Waals surface area contributed by atoms with Crippen molar-refractivity contribution >= 4 is 21.6 Å². The first-order chi connectivity index (χ1) is 8.05. The maximum atomic E-state index is 11.9. The lowest BCUT2D eigenvalue weighted by molar-refractivity contribution is 0.580. The fourth-order valence-corrected chi connectivity index (χ4v) is 2.99. The Morgan fingerprint density at radius 1 is 1.24 bits per heavy atom. The Labute approximate surface area is 108 Å². The molecule has 0 radical (unpaired) electrons. The summed E-state index contributed by atoms with van der Waals surface area (Å²) in [5, 5.41) is 0. The summed E-state index contributed by atoms with van der Waals surface area (Å²) < 4.78 is 26.4. The molecule has 0 aliphatic heterocycles. The number of hydrogen-bond acceptors (Lipinski definition) is 2. The number of aryl methyl sites for hydroxylation is 1. The van der Waals surface area contributed by atoms with Crippen LogP contribution in [0.3, 0.4) is 0 Å². The minimum atomic E-state index is -3.39. The smallest absolute Gasteiger partial charge is 0.211 e. The first-order valence-corrected chi connectivity index (χ1v) is 7.74. The predicted molar refractivity (Wildman–Crippen MR) is 70.9 cm³/mol. The molecule has 0 aliphatic carbocycles. The van der Waals surface area contributed by atoms with Gasteiger partial charge in [-0.05, 0) is 36.1 Å². The molecule has 0 spiro atoms. The van der Waals surface area contributed by atoms with E-state index < -0.39 is 10.0 Å². The number of nitrogens with one attached hydrogen (secondary N) is 1. The molecule has 0 saturated heterocycles. The summed E-state index contributed by atoms with van der Waals surface area (Å²) in [6.45, 7) is 4.40. The first kappa shape index (κ1) is 14.5. The highest BCUT2D eigenvalue weighted by molar-refractivity contribution is 7.89. The first-order valence-electron chi connectivity index (χ1n) is 5.72. The lowest BCUT2D eigenvalue weighted by Gasteiger charge is -2.09. The van der Waals surface area contributed by atoms with Gasteiger partial charge < -0.3 is 0 Å². The maximum Gasteiger partial charge on any atom is 0.240 e. The van der Waals surface area contributed by atoms with Crippen LogP contribution in [0.15, 0.2) is 23.1 Å². The molecule has 17 heavy (non-hydrogen) atoms. The van der Waals surface area contributed by atoms with Gasteiger partial charge in [0, 0.05) is 12.4 Å². The van der Waals surface area contributed by atoms with Gasteiger partial charge in [0.25, 0.3) is 0 Å². The van der Waals surface area contributed by atoms with E-state index in [1.165, 1.54) is 0 Å². The zero-order chi connectivity index (χ0) is 12.9. The molecule has 0 atom stereocenters. The number of sulfonamides is 1. The second kappa shape index (κ2) is 6.38. The van der Waals surface area contributed by atoms with Gasteiger partial charge in [-0.25, -0.2) is 13.1 Å². The number of hydrogen-bond donors (Lipinski definition) is 1. The molecule has 0 bridgehead atoms. The Kier molecular flexibility index (Phi) is 5.43. The van der Waals surface area contributed by atoms with Crippen molar-refractivity contribution in [2.24, 2.45) is 0 Å². The van der Waals surface area contributed by atoms with Gasteiger partial charge in [0.2, 0.25) is 10.0 Å². The van der Waals surface area contributed by atoms with Gasteiger partial charge in [-0.3, -0.25) is 0 Å². The van der Waals surface area contributed by atoms with Crippen molar-refractivity contribution in [1.82, 2.24) is 4.72 Å². The van der Waals surface area contributed by atoms with Crippen LogP contribution in [0.5, 0.6) is 0 Å². The molecule has 1 aromatic rings. The summed E-state index contributed by atoms with van der Waals surface area (Å²) in [6, 6.07) is 5.12. The van der Waals surface area contributed by atoms with Crippen LogP contribution in [0.2, 0.25) is 0 Å². The number of rotatable bonds is 6. The van der Waals surface area contributed by atoms with Gasteiger partial charge in [0.05, 0.1) is 4.90 Å². The fourth-order valence-electron chi connectivity index (χ4n) is 1.56. The monoisotopic (exact) mass is 275 g/mol. The average molecular weight is 276 g/mol. The van der Waals surface area contributed by atoms with Gasteiger partial charge in [-0.1, -0.05) is 19.9 Å². The third kappa shape index (κ3) is 3.69. The van der Waals surface area contributed by atoms with E-state index in [4.69, 9.17) is 11.6 Å². The minimum Gasteiger partial charge on any atom is -0.211 e. The molecule has 5 heteroatoms. The third-order valence-electron chi connectivity index (χ3n) is 2.55. The van der Waals surface area contributed by atoms with E-state index in [0.29, 0.717) is 17.3 Å².